The van der Waals surface area contributed by atoms with Gasteiger partial charge in [0.25, 0.3) is 5.56 Å². The second-order valence-electron chi connectivity index (χ2n) is 6.10. The molecule has 0 saturated carbocycles. The van der Waals surface area contributed by atoms with Crippen LogP contribution in [0.4, 0.5) is 0 Å². The average Bonchev–Trinajstić information content (AvgIpc) is 2.70. The Morgan fingerprint density at radius 3 is 2.64 bits per heavy atom. The molecule has 1 N–H and O–H groups in total. The molecule has 0 aliphatic heterocycles. The number of ether oxygens (including phenoxy) is 1. The minimum atomic E-state index is -0.581. The van der Waals surface area contributed by atoms with Gasteiger partial charge in [0.1, 0.15) is 6.54 Å². The first-order valence-electron chi connectivity index (χ1n) is 8.59. The van der Waals surface area contributed by atoms with Gasteiger partial charge in [0.15, 0.2) is 5.52 Å². The van der Waals surface area contributed by atoms with Crippen molar-refractivity contribution in [3.05, 3.63) is 74.0 Å². The summed E-state index contributed by atoms with van der Waals surface area (Å²) < 4.78 is 7.22. The summed E-state index contributed by atoms with van der Waals surface area (Å²) in [5.41, 5.74) is 0.0800. The lowest BCUT2D eigenvalue weighted by atomic mass is 10.2. The second-order valence-corrected chi connectivity index (χ2v) is 6.54. The van der Waals surface area contributed by atoms with Crippen LogP contribution >= 0.6 is 11.6 Å². The van der Waals surface area contributed by atoms with Crippen molar-refractivity contribution < 1.29 is 9.53 Å². The van der Waals surface area contributed by atoms with E-state index >= 15 is 0 Å². The maximum Gasteiger partial charge on any atom is 0.332 e. The highest BCUT2D eigenvalue weighted by Crippen LogP contribution is 2.10. The first-order chi connectivity index (χ1) is 13.5. The molecule has 1 amide bonds. The predicted molar refractivity (Wildman–Crippen MR) is 106 cm³/mol. The van der Waals surface area contributed by atoms with Gasteiger partial charge in [-0.15, -0.1) is 0 Å². The van der Waals surface area contributed by atoms with Crippen LogP contribution in [-0.2, 0) is 22.6 Å². The van der Waals surface area contributed by atoms with E-state index in [9.17, 15) is 14.4 Å². The van der Waals surface area contributed by atoms with Crippen molar-refractivity contribution in [2.45, 2.75) is 13.1 Å². The molecular formula is C19H19ClN4O4. The number of hydrogen-bond donors (Lipinski definition) is 1. The van der Waals surface area contributed by atoms with Gasteiger partial charge >= 0.3 is 5.69 Å². The minimum absolute atomic E-state index is 0.0483. The first kappa shape index (κ1) is 19.8. The SMILES string of the molecule is COCCNC(=O)Cn1c(=O)n(Cc2ccc(Cl)cc2)c(=O)c2ncccc21. The molecule has 9 heteroatoms. The normalized spacial score (nSPS) is 10.9. The Hall–Kier alpha value is -2.97. The summed E-state index contributed by atoms with van der Waals surface area (Å²) >= 11 is 5.89. The van der Waals surface area contributed by atoms with Crippen LogP contribution in [0.25, 0.3) is 11.0 Å². The van der Waals surface area contributed by atoms with Crippen LogP contribution in [0.2, 0.25) is 5.02 Å². The standard InChI is InChI=1S/C19H19ClN4O4/c1-28-10-9-21-16(25)12-23-15-3-2-8-22-17(15)18(26)24(19(23)27)11-13-4-6-14(20)7-5-13/h2-8H,9-12H2,1H3,(H,21,25). The molecule has 28 heavy (non-hydrogen) atoms. The molecule has 2 aromatic heterocycles. The number of nitrogens with zero attached hydrogens (tertiary/aromatic N) is 3. The molecule has 0 spiro atoms. The van der Waals surface area contributed by atoms with Crippen molar-refractivity contribution in [3.8, 4) is 0 Å². The summed E-state index contributed by atoms with van der Waals surface area (Å²) in [6, 6.07) is 10.0. The molecule has 8 nitrogen and oxygen atoms in total. The van der Waals surface area contributed by atoms with E-state index in [0.717, 1.165) is 10.1 Å². The van der Waals surface area contributed by atoms with Gasteiger partial charge in [-0.1, -0.05) is 23.7 Å². The highest BCUT2D eigenvalue weighted by molar-refractivity contribution is 6.30. The number of halogens is 1. The Morgan fingerprint density at radius 1 is 1.18 bits per heavy atom. The van der Waals surface area contributed by atoms with Crippen molar-refractivity contribution in [2.75, 3.05) is 20.3 Å². The van der Waals surface area contributed by atoms with E-state index in [0.29, 0.717) is 23.7 Å². The maximum atomic E-state index is 13.0. The molecule has 0 saturated heterocycles. The van der Waals surface area contributed by atoms with Crippen molar-refractivity contribution in [2.24, 2.45) is 0 Å². The fourth-order valence-electron chi connectivity index (χ4n) is 2.80. The zero-order valence-corrected chi connectivity index (χ0v) is 16.0. The first-order valence-corrected chi connectivity index (χ1v) is 8.97. The highest BCUT2D eigenvalue weighted by atomic mass is 35.5. The zero-order chi connectivity index (χ0) is 20.1. The van der Waals surface area contributed by atoms with Crippen molar-refractivity contribution >= 4 is 28.5 Å². The van der Waals surface area contributed by atoms with E-state index in [2.05, 4.69) is 10.3 Å². The number of carbonyl (C=O) groups is 1. The van der Waals surface area contributed by atoms with E-state index < -0.39 is 11.2 Å². The van der Waals surface area contributed by atoms with Crippen LogP contribution in [0, 0.1) is 0 Å². The molecule has 1 aromatic carbocycles. The van der Waals surface area contributed by atoms with Gasteiger partial charge in [-0.05, 0) is 29.8 Å². The van der Waals surface area contributed by atoms with E-state index in [1.165, 1.54) is 17.9 Å². The molecule has 0 fully saturated rings. The van der Waals surface area contributed by atoms with E-state index in [1.54, 1.807) is 36.4 Å². The molecule has 0 bridgehead atoms. The third-order valence-electron chi connectivity index (χ3n) is 4.17. The number of benzene rings is 1. The van der Waals surface area contributed by atoms with Gasteiger partial charge in [0.2, 0.25) is 5.91 Å². The second kappa shape index (κ2) is 8.81. The van der Waals surface area contributed by atoms with E-state index in [-0.39, 0.29) is 24.5 Å². The van der Waals surface area contributed by atoms with Crippen molar-refractivity contribution in [3.63, 3.8) is 0 Å². The molecule has 0 radical (unpaired) electrons. The molecule has 3 rings (SSSR count). The lowest BCUT2D eigenvalue weighted by Crippen LogP contribution is -2.43. The number of methoxy groups -OCH3 is 1. The molecule has 0 aliphatic carbocycles. The minimum Gasteiger partial charge on any atom is -0.383 e. The Morgan fingerprint density at radius 2 is 1.93 bits per heavy atom. The van der Waals surface area contributed by atoms with Crippen LogP contribution < -0.4 is 16.6 Å². The van der Waals surface area contributed by atoms with Gasteiger partial charge in [-0.3, -0.25) is 18.7 Å². The number of pyridine rings is 1. The lowest BCUT2D eigenvalue weighted by molar-refractivity contribution is -0.121. The summed E-state index contributed by atoms with van der Waals surface area (Å²) in [4.78, 5) is 42.2. The molecule has 146 valence electrons. The number of amides is 1. The topological polar surface area (TPSA) is 95.2 Å². The fourth-order valence-corrected chi connectivity index (χ4v) is 2.93. The number of fused-ring (bicyclic) bond motifs is 1. The lowest BCUT2D eigenvalue weighted by Gasteiger charge is -2.13. The molecule has 0 aliphatic rings. The van der Waals surface area contributed by atoms with Crippen LogP contribution in [-0.4, -0.2) is 40.3 Å². The largest absolute Gasteiger partial charge is 0.383 e. The van der Waals surface area contributed by atoms with Crippen molar-refractivity contribution in [1.82, 2.24) is 19.4 Å². The van der Waals surface area contributed by atoms with Gasteiger partial charge in [-0.2, -0.15) is 0 Å². The van der Waals surface area contributed by atoms with E-state index in [4.69, 9.17) is 16.3 Å². The van der Waals surface area contributed by atoms with E-state index in [1.807, 2.05) is 0 Å². The van der Waals surface area contributed by atoms with Crippen LogP contribution in [0.1, 0.15) is 5.56 Å². The number of carbonyl (C=O) groups excluding carboxylic acids is 1. The Balaban J connectivity index is 2.04. The Bertz CT molecular complexity index is 1110. The zero-order valence-electron chi connectivity index (χ0n) is 15.2. The third-order valence-corrected chi connectivity index (χ3v) is 4.42. The van der Waals surface area contributed by atoms with Gasteiger partial charge in [0, 0.05) is 24.9 Å². The van der Waals surface area contributed by atoms with Crippen LogP contribution in [0.15, 0.2) is 52.2 Å². The molecule has 0 atom stereocenters. The molecular weight excluding hydrogens is 384 g/mol. The third kappa shape index (κ3) is 4.29. The molecule has 3 aromatic rings. The summed E-state index contributed by atoms with van der Waals surface area (Å²) in [7, 11) is 1.53. The fraction of sp³-hybridized carbons (Fsp3) is 0.263. The number of hydrogen-bond acceptors (Lipinski definition) is 5. The average molecular weight is 403 g/mol. The van der Waals surface area contributed by atoms with Gasteiger partial charge in [0.05, 0.1) is 18.7 Å². The summed E-state index contributed by atoms with van der Waals surface area (Å²) in [5.74, 6) is -0.360. The van der Waals surface area contributed by atoms with Crippen LogP contribution in [0.5, 0.6) is 0 Å². The molecule has 0 unspecified atom stereocenters. The maximum absolute atomic E-state index is 13.0. The molecule has 2 heterocycles. The summed E-state index contributed by atoms with van der Waals surface area (Å²) in [6.45, 7) is 0.502. The highest BCUT2D eigenvalue weighted by Gasteiger charge is 2.16. The number of aromatic nitrogens is 3. The summed E-state index contributed by atoms with van der Waals surface area (Å²) in [5, 5.41) is 3.22. The van der Waals surface area contributed by atoms with Crippen molar-refractivity contribution in [1.29, 1.82) is 0 Å². The Kier molecular flexibility index (Phi) is 6.23. The van der Waals surface area contributed by atoms with Gasteiger partial charge in [-0.25, -0.2) is 9.78 Å². The Labute approximate surface area is 165 Å². The van der Waals surface area contributed by atoms with Gasteiger partial charge < -0.3 is 10.1 Å². The number of rotatable bonds is 7. The quantitative estimate of drug-likeness (QED) is 0.595. The smallest absolute Gasteiger partial charge is 0.332 e. The van der Waals surface area contributed by atoms with Crippen LogP contribution in [0.3, 0.4) is 0 Å². The summed E-state index contributed by atoms with van der Waals surface area (Å²) in [6.07, 6.45) is 1.48. The predicted octanol–water partition coefficient (Wildman–Crippen LogP) is 1.02. The number of nitrogens with one attached hydrogen (secondary N) is 1. The monoisotopic (exact) mass is 402 g/mol.